The molecule has 7 heteroatoms. The van der Waals surface area contributed by atoms with Crippen molar-refractivity contribution >= 4 is 56.8 Å². The molecule has 1 aliphatic rings. The van der Waals surface area contributed by atoms with Crippen LogP contribution in [0.25, 0.3) is 21.9 Å². The average molecular weight is 833 g/mol. The minimum atomic E-state index is -0.0618. The second kappa shape index (κ2) is 13.2. The van der Waals surface area contributed by atoms with Crippen LogP contribution in [0.5, 0.6) is 11.6 Å². The number of nitrogens with zero attached hydrogens (tertiary/aromatic N) is 4. The third kappa shape index (κ3) is 5.70. The molecule has 8 rings (SSSR count). The number of fused-ring (bicyclic) bond motifs is 4. The Morgan fingerprint density at radius 1 is 0.700 bits per heavy atom. The maximum atomic E-state index is 6.45. The molecule has 7 aromatic rings. The molecular weight excluding hydrogens is 794 g/mol. The van der Waals surface area contributed by atoms with Gasteiger partial charge in [-0.15, -0.1) is 53.5 Å². The number of rotatable bonds is 6. The van der Waals surface area contributed by atoms with Crippen LogP contribution in [0, 0.1) is 60.3 Å². The van der Waals surface area contributed by atoms with Gasteiger partial charge in [-0.1, -0.05) is 75.3 Å². The molecule has 0 saturated heterocycles. The van der Waals surface area contributed by atoms with Gasteiger partial charge >= 0.3 is 6.85 Å². The van der Waals surface area contributed by atoms with Crippen molar-refractivity contribution in [3.63, 3.8) is 0 Å². The largest absolute Gasteiger partial charge is 0.504 e. The fourth-order valence-electron chi connectivity index (χ4n) is 7.95. The summed E-state index contributed by atoms with van der Waals surface area (Å²) in [7, 11) is 2.05. The summed E-state index contributed by atoms with van der Waals surface area (Å²) in [5.74, 6) is 1.12. The third-order valence-corrected chi connectivity index (χ3v) is 9.76. The van der Waals surface area contributed by atoms with E-state index >= 15 is 0 Å². The first-order valence-electron chi connectivity index (χ1n) is 16.8. The second-order valence-electron chi connectivity index (χ2n) is 13.4. The van der Waals surface area contributed by atoms with Gasteiger partial charge < -0.3 is 19.0 Å². The molecule has 0 spiro atoms. The molecule has 0 atom stereocenters. The van der Waals surface area contributed by atoms with Gasteiger partial charge in [-0.2, -0.15) is 12.7 Å². The van der Waals surface area contributed by atoms with E-state index in [1.165, 1.54) is 44.3 Å². The Morgan fingerprint density at radius 3 is 2.00 bits per heavy atom. The Morgan fingerprint density at radius 2 is 1.34 bits per heavy atom. The predicted molar refractivity (Wildman–Crippen MR) is 204 cm³/mol. The van der Waals surface area contributed by atoms with E-state index in [1.807, 2.05) is 30.3 Å². The van der Waals surface area contributed by atoms with E-state index in [-0.39, 0.29) is 27.9 Å². The number of anilines is 3. The quantitative estimate of drug-likeness (QED) is 0.124. The van der Waals surface area contributed by atoms with Crippen molar-refractivity contribution in [3.8, 4) is 11.6 Å². The minimum absolute atomic E-state index is 0. The van der Waals surface area contributed by atoms with Gasteiger partial charge in [0.1, 0.15) is 0 Å². The van der Waals surface area contributed by atoms with Crippen LogP contribution < -0.4 is 25.5 Å². The van der Waals surface area contributed by atoms with E-state index < -0.39 is 0 Å². The summed E-state index contributed by atoms with van der Waals surface area (Å²) in [6.45, 7) is 15.3. The average Bonchev–Trinajstić information content (AvgIpc) is 3.58. The van der Waals surface area contributed by atoms with E-state index in [0.717, 1.165) is 39.0 Å². The first kappa shape index (κ1) is 33.7. The van der Waals surface area contributed by atoms with Gasteiger partial charge in [0.25, 0.3) is 0 Å². The van der Waals surface area contributed by atoms with Gasteiger partial charge in [-0.3, -0.25) is 4.98 Å². The topological polar surface area (TPSA) is 33.5 Å². The van der Waals surface area contributed by atoms with E-state index in [9.17, 15) is 0 Å². The SMILES string of the molecule is Cc1cc(C)c(B(c2c(C)cc(C)cc2C)n2c3ccc[c-]c3c3nc(Oc4[c-]c(N5[CH-]N(C)c6ccccc65)ccc4)ccc32)c(C)c1.[Pt]. The first-order valence-corrected chi connectivity index (χ1v) is 16.8. The monoisotopic (exact) mass is 832 g/mol. The summed E-state index contributed by atoms with van der Waals surface area (Å²) < 4.78 is 8.92. The van der Waals surface area contributed by atoms with Crippen molar-refractivity contribution in [1.82, 2.24) is 9.46 Å². The molecule has 0 aliphatic carbocycles. The van der Waals surface area contributed by atoms with Gasteiger partial charge in [0, 0.05) is 55.3 Å². The minimum Gasteiger partial charge on any atom is -0.504 e. The van der Waals surface area contributed by atoms with Crippen LogP contribution in [0.3, 0.4) is 0 Å². The van der Waals surface area contributed by atoms with Crippen LogP contribution in [0.1, 0.15) is 33.4 Å². The first-order chi connectivity index (χ1) is 23.7. The molecule has 2 aromatic heterocycles. The normalized spacial score (nSPS) is 12.4. The molecule has 0 bridgehead atoms. The molecule has 0 saturated carbocycles. The Kier molecular flexibility index (Phi) is 8.86. The van der Waals surface area contributed by atoms with Crippen molar-refractivity contribution in [3.05, 3.63) is 149 Å². The number of aromatic nitrogens is 2. The molecule has 0 fully saturated rings. The third-order valence-electron chi connectivity index (χ3n) is 9.76. The number of benzene rings is 5. The Bertz CT molecular complexity index is 2310. The van der Waals surface area contributed by atoms with Crippen LogP contribution in [0.4, 0.5) is 17.1 Å². The summed E-state index contributed by atoms with van der Waals surface area (Å²) in [6, 6.07) is 40.9. The van der Waals surface area contributed by atoms with Gasteiger partial charge in [0.2, 0.25) is 5.88 Å². The zero-order valence-corrected chi connectivity index (χ0v) is 31.7. The molecule has 1 aliphatic heterocycles. The Balaban J connectivity index is 0.00000392. The molecule has 0 amide bonds. The van der Waals surface area contributed by atoms with Crippen LogP contribution in [0.2, 0.25) is 0 Å². The maximum Gasteiger partial charge on any atom is 0.319 e. The fourth-order valence-corrected chi connectivity index (χ4v) is 7.95. The maximum absolute atomic E-state index is 6.45. The standard InChI is InChI=1S/C43H38BN4O.Pt/c1-27-21-29(3)41(30(4)22-27)44(42-31(5)23-28(2)24-32(42)6)48-36-16-9-8-15-35(36)43-39(48)19-20-40(45-43)49-34-14-12-13-33(25-34)47-26-46(7)37-17-10-11-18-38(37)47;/h8-14,16-24,26H,1-7H3;/q-3;. The predicted octanol–water partition coefficient (Wildman–Crippen LogP) is 8.79. The summed E-state index contributed by atoms with van der Waals surface area (Å²) in [5.41, 5.74) is 16.5. The summed E-state index contributed by atoms with van der Waals surface area (Å²) in [4.78, 5) is 9.40. The van der Waals surface area contributed by atoms with E-state index in [4.69, 9.17) is 9.72 Å². The molecule has 5 nitrogen and oxygen atoms in total. The van der Waals surface area contributed by atoms with E-state index in [0.29, 0.717) is 11.6 Å². The van der Waals surface area contributed by atoms with Crippen LogP contribution in [-0.4, -0.2) is 23.4 Å². The van der Waals surface area contributed by atoms with Crippen LogP contribution >= 0.6 is 0 Å². The number of aryl methyl sites for hydroxylation is 6. The van der Waals surface area contributed by atoms with Crippen molar-refractivity contribution in [1.29, 1.82) is 0 Å². The van der Waals surface area contributed by atoms with Crippen molar-refractivity contribution in [2.24, 2.45) is 0 Å². The summed E-state index contributed by atoms with van der Waals surface area (Å²) in [5, 5.41) is 0.974. The number of para-hydroxylation sites is 2. The second-order valence-corrected chi connectivity index (χ2v) is 13.4. The van der Waals surface area contributed by atoms with Gasteiger partial charge in [0.15, 0.2) is 0 Å². The smallest absolute Gasteiger partial charge is 0.319 e. The molecular formula is C43H38BN4OPt-3. The van der Waals surface area contributed by atoms with E-state index in [2.05, 4.69) is 148 Å². The zero-order chi connectivity index (χ0) is 34.0. The molecule has 252 valence electrons. The Labute approximate surface area is 309 Å². The van der Waals surface area contributed by atoms with Crippen molar-refractivity contribution in [2.45, 2.75) is 41.5 Å². The van der Waals surface area contributed by atoms with Crippen molar-refractivity contribution in [2.75, 3.05) is 16.8 Å². The van der Waals surface area contributed by atoms with Crippen molar-refractivity contribution < 1.29 is 25.8 Å². The number of hydrogen-bond donors (Lipinski definition) is 0. The Hall–Kier alpha value is -4.80. The van der Waals surface area contributed by atoms with Gasteiger partial charge in [-0.25, -0.2) is 0 Å². The molecule has 0 unspecified atom stereocenters. The number of ether oxygens (including phenoxy) is 1. The fraction of sp³-hybridized carbons (Fsp3) is 0.163. The molecule has 5 aromatic carbocycles. The van der Waals surface area contributed by atoms with Gasteiger partial charge in [-0.05, 0) is 77.7 Å². The van der Waals surface area contributed by atoms with Crippen LogP contribution in [0.15, 0.2) is 97.1 Å². The van der Waals surface area contributed by atoms with Gasteiger partial charge in [0.05, 0.1) is 0 Å². The molecule has 0 N–H and O–H groups in total. The molecule has 0 radical (unpaired) electrons. The zero-order valence-electron chi connectivity index (χ0n) is 29.4. The number of hydrogen-bond acceptors (Lipinski definition) is 4. The molecule has 50 heavy (non-hydrogen) atoms. The molecule has 3 heterocycles. The van der Waals surface area contributed by atoms with Crippen LogP contribution in [-0.2, 0) is 21.1 Å². The number of pyridine rings is 1. The van der Waals surface area contributed by atoms with E-state index in [1.54, 1.807) is 0 Å². The summed E-state index contributed by atoms with van der Waals surface area (Å²) >= 11 is 0. The summed E-state index contributed by atoms with van der Waals surface area (Å²) in [6.07, 6.45) is 0.